The van der Waals surface area contributed by atoms with E-state index in [1.54, 1.807) is 0 Å². The van der Waals surface area contributed by atoms with Crippen LogP contribution in [-0.4, -0.2) is 16.9 Å². The van der Waals surface area contributed by atoms with Gasteiger partial charge in [0.1, 0.15) is 5.78 Å². The first-order chi connectivity index (χ1) is 4.16. The van der Waals surface area contributed by atoms with E-state index in [2.05, 4.69) is 10.4 Å². The van der Waals surface area contributed by atoms with E-state index in [4.69, 9.17) is 5.21 Å². The summed E-state index contributed by atoms with van der Waals surface area (Å²) in [5, 5.41) is 12.6. The third-order valence-electron chi connectivity index (χ3n) is 0.556. The van der Waals surface area contributed by atoms with Gasteiger partial charge in [0.25, 0.3) is 5.91 Å². The second kappa shape index (κ2) is 3.71. The Labute approximate surface area is 51.4 Å². The molecule has 0 aliphatic carbocycles. The highest BCUT2D eigenvalue weighted by Crippen LogP contribution is 1.85. The number of ketones is 1. The highest BCUT2D eigenvalue weighted by atomic mass is 16.5. The summed E-state index contributed by atoms with van der Waals surface area (Å²) in [6.07, 6.45) is -0.302. The van der Waals surface area contributed by atoms with E-state index in [-0.39, 0.29) is 12.2 Å². The Balaban J connectivity index is 3.64. The summed E-state index contributed by atoms with van der Waals surface area (Å²) in [6, 6.07) is 0. The van der Waals surface area contributed by atoms with Crippen LogP contribution in [0, 0.1) is 0 Å². The molecular weight excluding hydrogens is 124 g/mol. The van der Waals surface area contributed by atoms with Crippen LogP contribution >= 0.6 is 0 Å². The van der Waals surface area contributed by atoms with Gasteiger partial charge in [-0.15, -0.1) is 0 Å². The van der Waals surface area contributed by atoms with Crippen LogP contribution in [0.5, 0.6) is 0 Å². The van der Waals surface area contributed by atoms with Crippen LogP contribution in [0.1, 0.15) is 13.3 Å². The Hall–Kier alpha value is -1.26. The van der Waals surface area contributed by atoms with E-state index in [1.807, 2.05) is 0 Å². The van der Waals surface area contributed by atoms with E-state index in [0.717, 1.165) is 0 Å². The van der Waals surface area contributed by atoms with E-state index in [1.165, 1.54) is 6.92 Å². The standard InChI is InChI=1S/C4H6N2O3/c1-3(7)2-4(8)5-6-9/h2H2,1H3,(H,5,8,9). The van der Waals surface area contributed by atoms with Crippen LogP contribution in [0.15, 0.2) is 10.4 Å². The molecule has 1 N–H and O–H groups in total. The fraction of sp³-hybridized carbons (Fsp3) is 0.500. The molecule has 5 nitrogen and oxygen atoms in total. The zero-order chi connectivity index (χ0) is 7.28. The summed E-state index contributed by atoms with van der Waals surface area (Å²) >= 11 is 0. The first-order valence-electron chi connectivity index (χ1n) is 2.24. The third-order valence-corrected chi connectivity index (χ3v) is 0.556. The molecule has 9 heavy (non-hydrogen) atoms. The number of Topliss-reactive ketones (excluding diaryl/α,β-unsaturated/α-hetero) is 1. The van der Waals surface area contributed by atoms with Crippen molar-refractivity contribution in [2.75, 3.05) is 0 Å². The van der Waals surface area contributed by atoms with Gasteiger partial charge in [0.05, 0.1) is 6.42 Å². The summed E-state index contributed by atoms with van der Waals surface area (Å²) in [5.74, 6) is -1.03. The van der Waals surface area contributed by atoms with Crippen LogP contribution in [0.4, 0.5) is 0 Å². The maximum Gasteiger partial charge on any atom is 0.275 e. The molecule has 5 heteroatoms. The van der Waals surface area contributed by atoms with Crippen molar-refractivity contribution in [3.63, 3.8) is 0 Å². The SMILES string of the molecule is CC(=O)CC(=O)N=NO. The van der Waals surface area contributed by atoms with Gasteiger partial charge in [-0.05, 0) is 6.92 Å². The zero-order valence-corrected chi connectivity index (χ0v) is 4.87. The Kier molecular flexibility index (Phi) is 3.19. The van der Waals surface area contributed by atoms with E-state index in [0.29, 0.717) is 0 Å². The lowest BCUT2D eigenvalue weighted by molar-refractivity contribution is -0.125. The molecule has 0 radical (unpaired) electrons. The summed E-state index contributed by atoms with van der Waals surface area (Å²) < 4.78 is 0. The minimum atomic E-state index is -0.731. The van der Waals surface area contributed by atoms with Gasteiger partial charge in [-0.2, -0.15) is 0 Å². The lowest BCUT2D eigenvalue weighted by atomic mass is 10.3. The van der Waals surface area contributed by atoms with Crippen LogP contribution < -0.4 is 0 Å². The van der Waals surface area contributed by atoms with Gasteiger partial charge in [0.2, 0.25) is 0 Å². The van der Waals surface area contributed by atoms with Gasteiger partial charge in [0.15, 0.2) is 0 Å². The Morgan fingerprint density at radius 2 is 2.11 bits per heavy atom. The normalized spacial score (nSPS) is 9.89. The molecule has 0 spiro atoms. The largest absolute Gasteiger partial charge is 0.394 e. The molecule has 50 valence electrons. The molecule has 0 saturated carbocycles. The molecule has 0 aliphatic heterocycles. The Morgan fingerprint density at radius 3 is 2.44 bits per heavy atom. The van der Waals surface area contributed by atoms with Gasteiger partial charge < -0.3 is 5.21 Å². The molecule has 0 aliphatic rings. The van der Waals surface area contributed by atoms with Crippen molar-refractivity contribution in [1.29, 1.82) is 0 Å². The maximum absolute atomic E-state index is 10.2. The summed E-state index contributed by atoms with van der Waals surface area (Å²) in [5.41, 5.74) is 0. The lowest BCUT2D eigenvalue weighted by Gasteiger charge is -1.82. The summed E-state index contributed by atoms with van der Waals surface area (Å²) in [4.78, 5) is 20.3. The van der Waals surface area contributed by atoms with Crippen molar-refractivity contribution < 1.29 is 14.8 Å². The first-order valence-corrected chi connectivity index (χ1v) is 2.24. The minimum Gasteiger partial charge on any atom is -0.394 e. The number of carbonyl (C=O) groups excluding carboxylic acids is 2. The summed E-state index contributed by atoms with van der Waals surface area (Å²) in [7, 11) is 0. The van der Waals surface area contributed by atoms with Gasteiger partial charge in [-0.3, -0.25) is 9.59 Å². The fourth-order valence-electron chi connectivity index (χ4n) is 0.298. The van der Waals surface area contributed by atoms with Crippen LogP contribution in [0.3, 0.4) is 0 Å². The quantitative estimate of drug-likeness (QED) is 0.332. The van der Waals surface area contributed by atoms with E-state index >= 15 is 0 Å². The number of amides is 1. The third kappa shape index (κ3) is 4.60. The number of nitrogens with zero attached hydrogens (tertiary/aromatic N) is 2. The maximum atomic E-state index is 10.2. The number of rotatable bonds is 2. The molecule has 0 unspecified atom stereocenters. The van der Waals surface area contributed by atoms with Crippen molar-refractivity contribution in [2.24, 2.45) is 10.4 Å². The molecule has 0 rings (SSSR count). The van der Waals surface area contributed by atoms with Crippen LogP contribution in [-0.2, 0) is 9.59 Å². The molecule has 0 heterocycles. The molecule has 0 saturated heterocycles. The minimum absolute atomic E-state index is 0.299. The van der Waals surface area contributed by atoms with Gasteiger partial charge in [-0.1, -0.05) is 5.11 Å². The van der Waals surface area contributed by atoms with Crippen molar-refractivity contribution in [1.82, 2.24) is 0 Å². The molecular formula is C4H6N2O3. The number of hydrogen-bond donors (Lipinski definition) is 1. The molecule has 1 amide bonds. The monoisotopic (exact) mass is 130 g/mol. The molecule has 0 aromatic heterocycles. The molecule has 0 aromatic carbocycles. The number of hydrogen-bond acceptors (Lipinski definition) is 3. The predicted octanol–water partition coefficient (Wildman–Crippen LogP) is 0.333. The Morgan fingerprint density at radius 1 is 1.56 bits per heavy atom. The smallest absolute Gasteiger partial charge is 0.275 e. The molecule has 0 fully saturated rings. The van der Waals surface area contributed by atoms with E-state index in [9.17, 15) is 9.59 Å². The first kappa shape index (κ1) is 7.74. The van der Waals surface area contributed by atoms with Gasteiger partial charge in [-0.25, -0.2) is 0 Å². The molecule has 0 bridgehead atoms. The Bertz CT molecular complexity index is 152. The van der Waals surface area contributed by atoms with E-state index < -0.39 is 5.91 Å². The predicted molar refractivity (Wildman–Crippen MR) is 26.9 cm³/mol. The van der Waals surface area contributed by atoms with Gasteiger partial charge >= 0.3 is 0 Å². The highest BCUT2D eigenvalue weighted by Gasteiger charge is 2.01. The second-order valence-corrected chi connectivity index (χ2v) is 1.46. The fourth-order valence-corrected chi connectivity index (χ4v) is 0.298. The van der Waals surface area contributed by atoms with Crippen molar-refractivity contribution in [3.8, 4) is 0 Å². The van der Waals surface area contributed by atoms with Crippen molar-refractivity contribution in [3.05, 3.63) is 0 Å². The highest BCUT2D eigenvalue weighted by molar-refractivity contribution is 5.96. The average molecular weight is 130 g/mol. The molecule has 0 atom stereocenters. The van der Waals surface area contributed by atoms with Crippen LogP contribution in [0.25, 0.3) is 0 Å². The summed E-state index contributed by atoms with van der Waals surface area (Å²) in [6.45, 7) is 1.25. The zero-order valence-electron chi connectivity index (χ0n) is 4.87. The van der Waals surface area contributed by atoms with Crippen LogP contribution in [0.2, 0.25) is 0 Å². The topological polar surface area (TPSA) is 79.1 Å². The average Bonchev–Trinajstić information content (AvgIpc) is 1.63. The molecule has 0 aromatic rings. The van der Waals surface area contributed by atoms with Crippen molar-refractivity contribution in [2.45, 2.75) is 13.3 Å². The van der Waals surface area contributed by atoms with Gasteiger partial charge in [0, 0.05) is 5.28 Å². The lowest BCUT2D eigenvalue weighted by Crippen LogP contribution is -1.99. The second-order valence-electron chi connectivity index (χ2n) is 1.46. The van der Waals surface area contributed by atoms with Crippen molar-refractivity contribution >= 4 is 11.7 Å². The number of carbonyl (C=O) groups is 2.